The fourth-order valence-electron chi connectivity index (χ4n) is 4.61. The molecule has 5 rings (SSSR count). The summed E-state index contributed by atoms with van der Waals surface area (Å²) in [7, 11) is 7.78. The first-order chi connectivity index (χ1) is 17.4. The summed E-state index contributed by atoms with van der Waals surface area (Å²) in [6, 6.07) is 13.8. The van der Waals surface area contributed by atoms with Crippen molar-refractivity contribution in [3.63, 3.8) is 0 Å². The molecule has 4 aromatic rings. The zero-order valence-corrected chi connectivity index (χ0v) is 21.3. The lowest BCUT2D eigenvalue weighted by molar-refractivity contribution is 0.409. The third kappa shape index (κ3) is 4.54. The van der Waals surface area contributed by atoms with E-state index in [9.17, 15) is 4.79 Å². The Morgan fingerprint density at radius 2 is 1.83 bits per heavy atom. The number of ether oxygens (including phenoxy) is 1. The van der Waals surface area contributed by atoms with E-state index in [4.69, 9.17) is 15.5 Å². The fraction of sp³-hybridized carbons (Fsp3) is 0.370. The first-order valence-electron chi connectivity index (χ1n) is 12.2. The lowest BCUT2D eigenvalue weighted by atomic mass is 10.1. The zero-order valence-electron chi connectivity index (χ0n) is 21.3. The quantitative estimate of drug-likeness (QED) is 0.363. The number of methoxy groups -OCH3 is 1. The largest absolute Gasteiger partial charge is 0.496 e. The fourth-order valence-corrected chi connectivity index (χ4v) is 4.61. The molecule has 2 aromatic heterocycles. The van der Waals surface area contributed by atoms with E-state index in [2.05, 4.69) is 14.8 Å². The van der Waals surface area contributed by atoms with Crippen molar-refractivity contribution in [2.24, 2.45) is 0 Å². The van der Waals surface area contributed by atoms with Gasteiger partial charge in [-0.2, -0.15) is 0 Å². The van der Waals surface area contributed by atoms with Gasteiger partial charge in [-0.05, 0) is 51.2 Å². The molecule has 0 aliphatic heterocycles. The second-order valence-electron chi connectivity index (χ2n) is 9.66. The summed E-state index contributed by atoms with van der Waals surface area (Å²) >= 11 is 0. The molecule has 2 N–H and O–H groups in total. The second-order valence-corrected chi connectivity index (χ2v) is 9.66. The number of likely N-dealkylation sites (N-methyl/N-ethyl adjacent to an activating group) is 2. The van der Waals surface area contributed by atoms with Gasteiger partial charge in [0, 0.05) is 50.4 Å². The van der Waals surface area contributed by atoms with Gasteiger partial charge >= 0.3 is 5.69 Å². The first kappa shape index (κ1) is 23.9. The highest BCUT2D eigenvalue weighted by Gasteiger charge is 2.29. The molecule has 0 bridgehead atoms. The van der Waals surface area contributed by atoms with Crippen LogP contribution in [0.15, 0.2) is 53.5 Å². The Bertz CT molecular complexity index is 1450. The zero-order chi connectivity index (χ0) is 25.4. The molecule has 9 heteroatoms. The number of hydrogen-bond acceptors (Lipinski definition) is 7. The molecule has 0 atom stereocenters. The van der Waals surface area contributed by atoms with Gasteiger partial charge in [0.1, 0.15) is 17.4 Å². The van der Waals surface area contributed by atoms with E-state index < -0.39 is 0 Å². The number of hydrogen-bond donors (Lipinski definition) is 1. The van der Waals surface area contributed by atoms with Crippen LogP contribution in [0.1, 0.15) is 30.3 Å². The number of para-hydroxylation sites is 2. The van der Waals surface area contributed by atoms with Crippen LogP contribution >= 0.6 is 0 Å². The third-order valence-corrected chi connectivity index (χ3v) is 6.68. The Balaban J connectivity index is 1.48. The lowest BCUT2D eigenvalue weighted by Crippen LogP contribution is -2.29. The van der Waals surface area contributed by atoms with Crippen LogP contribution in [0.5, 0.6) is 5.75 Å². The highest BCUT2D eigenvalue weighted by atomic mass is 16.5. The molecule has 1 aliphatic carbocycles. The van der Waals surface area contributed by atoms with Crippen LogP contribution in [0.25, 0.3) is 16.9 Å². The van der Waals surface area contributed by atoms with Crippen LogP contribution < -0.4 is 21.1 Å². The number of fused-ring (bicyclic) bond motifs is 1. The van der Waals surface area contributed by atoms with Crippen LogP contribution in [0.4, 0.5) is 11.4 Å². The molecule has 2 heterocycles. The number of nitrogens with two attached hydrogens (primary N) is 1. The topological polar surface area (TPSA) is 94.4 Å². The Hall–Kier alpha value is -3.85. The van der Waals surface area contributed by atoms with Gasteiger partial charge in [-0.3, -0.25) is 4.57 Å². The molecule has 0 saturated heterocycles. The summed E-state index contributed by atoms with van der Waals surface area (Å²) in [6.45, 7) is 1.76. The predicted octanol–water partition coefficient (Wildman–Crippen LogP) is 3.10. The van der Waals surface area contributed by atoms with Crippen molar-refractivity contribution >= 4 is 22.4 Å². The monoisotopic (exact) mass is 487 g/mol. The van der Waals surface area contributed by atoms with Crippen LogP contribution in [0.2, 0.25) is 0 Å². The Morgan fingerprint density at radius 3 is 2.53 bits per heavy atom. The van der Waals surface area contributed by atoms with Crippen LogP contribution in [-0.4, -0.2) is 65.3 Å². The maximum atomic E-state index is 13.4. The van der Waals surface area contributed by atoms with E-state index in [1.807, 2.05) is 62.1 Å². The van der Waals surface area contributed by atoms with Crippen LogP contribution in [-0.2, 0) is 6.42 Å². The van der Waals surface area contributed by atoms with Crippen molar-refractivity contribution in [2.45, 2.75) is 25.3 Å². The Kier molecular flexibility index (Phi) is 6.40. The SMILES string of the molecule is COc1cc(N(C)CCN(C)C)c(N)cc1Cc1nccc(-n2c(=O)n(C3CC3)c3ccccc32)n1. The number of nitrogens with zero attached hydrogens (tertiary/aromatic N) is 6. The summed E-state index contributed by atoms with van der Waals surface area (Å²) in [5, 5.41) is 0. The smallest absolute Gasteiger partial charge is 0.335 e. The number of nitrogen functional groups attached to an aromatic ring is 1. The minimum atomic E-state index is -0.0599. The van der Waals surface area contributed by atoms with Gasteiger partial charge < -0.3 is 20.3 Å². The Morgan fingerprint density at radius 1 is 1.08 bits per heavy atom. The molecule has 1 fully saturated rings. The van der Waals surface area contributed by atoms with Gasteiger partial charge in [0.25, 0.3) is 0 Å². The van der Waals surface area contributed by atoms with E-state index in [0.29, 0.717) is 23.8 Å². The number of anilines is 2. The van der Waals surface area contributed by atoms with E-state index in [-0.39, 0.29) is 11.7 Å². The first-order valence-corrected chi connectivity index (χ1v) is 12.2. The summed E-state index contributed by atoms with van der Waals surface area (Å²) < 4.78 is 9.29. The number of imidazole rings is 1. The van der Waals surface area contributed by atoms with Gasteiger partial charge in [0.15, 0.2) is 0 Å². The van der Waals surface area contributed by atoms with Gasteiger partial charge in [-0.15, -0.1) is 0 Å². The average molecular weight is 488 g/mol. The van der Waals surface area contributed by atoms with Crippen molar-refractivity contribution in [2.75, 3.05) is 52.0 Å². The Labute approximate surface area is 210 Å². The van der Waals surface area contributed by atoms with E-state index >= 15 is 0 Å². The number of aromatic nitrogens is 4. The number of benzene rings is 2. The highest BCUT2D eigenvalue weighted by molar-refractivity contribution is 5.78. The molecule has 36 heavy (non-hydrogen) atoms. The molecular weight excluding hydrogens is 454 g/mol. The lowest BCUT2D eigenvalue weighted by Gasteiger charge is -2.24. The highest BCUT2D eigenvalue weighted by Crippen LogP contribution is 2.36. The molecule has 0 radical (unpaired) electrons. The number of rotatable bonds is 9. The van der Waals surface area contributed by atoms with Gasteiger partial charge in [0.2, 0.25) is 0 Å². The van der Waals surface area contributed by atoms with Gasteiger partial charge in [0.05, 0.1) is 29.5 Å². The van der Waals surface area contributed by atoms with Crippen molar-refractivity contribution in [3.05, 3.63) is 70.5 Å². The average Bonchev–Trinajstić information content (AvgIpc) is 3.65. The summed E-state index contributed by atoms with van der Waals surface area (Å²) in [5.41, 5.74) is 10.7. The molecule has 1 saturated carbocycles. The molecule has 9 nitrogen and oxygen atoms in total. The van der Waals surface area contributed by atoms with E-state index in [0.717, 1.165) is 54.0 Å². The second kappa shape index (κ2) is 9.66. The van der Waals surface area contributed by atoms with Crippen molar-refractivity contribution in [3.8, 4) is 11.6 Å². The van der Waals surface area contributed by atoms with Gasteiger partial charge in [-0.1, -0.05) is 12.1 Å². The molecule has 1 aliphatic rings. The summed E-state index contributed by atoms with van der Waals surface area (Å²) in [6.07, 6.45) is 4.19. The van der Waals surface area contributed by atoms with Crippen LogP contribution in [0.3, 0.4) is 0 Å². The van der Waals surface area contributed by atoms with Gasteiger partial charge in [-0.25, -0.2) is 19.3 Å². The molecule has 0 amide bonds. The summed E-state index contributed by atoms with van der Waals surface area (Å²) in [4.78, 5) is 26.9. The molecular formula is C27H33N7O2. The van der Waals surface area contributed by atoms with Crippen molar-refractivity contribution in [1.82, 2.24) is 24.0 Å². The molecule has 0 unspecified atom stereocenters. The normalized spacial score (nSPS) is 13.5. The van der Waals surface area contributed by atoms with Crippen molar-refractivity contribution < 1.29 is 4.74 Å². The molecule has 2 aromatic carbocycles. The summed E-state index contributed by atoms with van der Waals surface area (Å²) in [5.74, 6) is 1.88. The van der Waals surface area contributed by atoms with E-state index in [1.54, 1.807) is 23.9 Å². The minimum Gasteiger partial charge on any atom is -0.496 e. The third-order valence-electron chi connectivity index (χ3n) is 6.68. The van der Waals surface area contributed by atoms with Crippen molar-refractivity contribution in [1.29, 1.82) is 0 Å². The molecule has 0 spiro atoms. The predicted molar refractivity (Wildman–Crippen MR) is 143 cm³/mol. The maximum absolute atomic E-state index is 13.4. The van der Waals surface area contributed by atoms with E-state index in [1.165, 1.54) is 0 Å². The standard InChI is InChI=1S/C27H33N7O2/c1-31(2)13-14-32(3)23-17-24(36-4)18(15-20(23)28)16-25-29-12-11-26(30-25)34-22-8-6-5-7-21(22)33(27(34)35)19-9-10-19/h5-8,11-12,15,17,19H,9-10,13-14,16,28H2,1-4H3. The maximum Gasteiger partial charge on any atom is 0.335 e. The molecule has 188 valence electrons. The minimum absolute atomic E-state index is 0.0599. The van der Waals surface area contributed by atoms with Crippen LogP contribution in [0, 0.1) is 0 Å².